The number of fused-ring (bicyclic) bond motifs is 2. The lowest BCUT2D eigenvalue weighted by Gasteiger charge is -2.56. The van der Waals surface area contributed by atoms with Crippen molar-refractivity contribution in [2.75, 3.05) is 7.05 Å². The minimum absolute atomic E-state index is 0.467. The van der Waals surface area contributed by atoms with Crippen molar-refractivity contribution in [3.8, 4) is 0 Å². The van der Waals surface area contributed by atoms with Gasteiger partial charge in [-0.25, -0.2) is 0 Å². The van der Waals surface area contributed by atoms with Crippen molar-refractivity contribution < 1.29 is 0 Å². The molecule has 1 aliphatic carbocycles. The first-order valence-corrected chi connectivity index (χ1v) is 7.58. The molecule has 1 N–H and O–H groups in total. The van der Waals surface area contributed by atoms with Gasteiger partial charge in [0.1, 0.15) is 0 Å². The molecule has 0 radical (unpaired) electrons. The average Bonchev–Trinajstić information content (AvgIpc) is 3.11. The van der Waals surface area contributed by atoms with Crippen LogP contribution in [0.4, 0.5) is 0 Å². The summed E-state index contributed by atoms with van der Waals surface area (Å²) in [5, 5.41) is 3.52. The Morgan fingerprint density at radius 3 is 2.06 bits per heavy atom. The van der Waals surface area contributed by atoms with E-state index < -0.39 is 0 Å². The Hall–Kier alpha value is -0.0800. The van der Waals surface area contributed by atoms with Crippen molar-refractivity contribution in [1.82, 2.24) is 10.2 Å². The summed E-state index contributed by atoms with van der Waals surface area (Å²) in [4.78, 5) is 2.93. The molecule has 3 aliphatic rings. The van der Waals surface area contributed by atoms with Crippen LogP contribution in [0.1, 0.15) is 58.8 Å². The lowest BCUT2D eigenvalue weighted by Crippen LogP contribution is -2.63. The molecule has 2 bridgehead atoms. The van der Waals surface area contributed by atoms with Crippen molar-refractivity contribution in [3.63, 3.8) is 0 Å². The number of nitrogens with one attached hydrogen (secondary N) is 1. The van der Waals surface area contributed by atoms with Gasteiger partial charge >= 0.3 is 0 Å². The van der Waals surface area contributed by atoms with Gasteiger partial charge < -0.3 is 5.32 Å². The van der Waals surface area contributed by atoms with Crippen LogP contribution >= 0.6 is 0 Å². The normalized spacial score (nSPS) is 39.4. The standard InChI is InChI=1S/C15H28N2/c1-15(2,11-7-8-11)17-13-5-4-6-14(17)10-12(9-13)16-3/h11-14,16H,4-10H2,1-3H3. The van der Waals surface area contributed by atoms with Crippen LogP contribution in [0.2, 0.25) is 0 Å². The molecule has 2 aliphatic heterocycles. The predicted molar refractivity (Wildman–Crippen MR) is 72.2 cm³/mol. The number of hydrogen-bond acceptors (Lipinski definition) is 2. The largest absolute Gasteiger partial charge is 0.317 e. The van der Waals surface area contributed by atoms with E-state index in [0.29, 0.717) is 5.54 Å². The molecule has 2 nitrogen and oxygen atoms in total. The molecular formula is C15H28N2. The van der Waals surface area contributed by atoms with Crippen LogP contribution in [0.25, 0.3) is 0 Å². The number of rotatable bonds is 3. The van der Waals surface area contributed by atoms with Crippen LogP contribution in [-0.4, -0.2) is 35.6 Å². The van der Waals surface area contributed by atoms with E-state index in [4.69, 9.17) is 0 Å². The second kappa shape index (κ2) is 4.24. The first-order chi connectivity index (χ1) is 8.13. The lowest BCUT2D eigenvalue weighted by atomic mass is 9.77. The molecule has 0 aromatic heterocycles. The van der Waals surface area contributed by atoms with Gasteiger partial charge in [-0.05, 0) is 65.3 Å². The summed E-state index contributed by atoms with van der Waals surface area (Å²) in [7, 11) is 2.14. The van der Waals surface area contributed by atoms with Gasteiger partial charge in [0.05, 0.1) is 0 Å². The third-order valence-corrected chi connectivity index (χ3v) is 5.62. The van der Waals surface area contributed by atoms with Crippen molar-refractivity contribution >= 4 is 0 Å². The summed E-state index contributed by atoms with van der Waals surface area (Å²) in [6.07, 6.45) is 10.0. The zero-order valence-electron chi connectivity index (χ0n) is 11.7. The summed E-state index contributed by atoms with van der Waals surface area (Å²) < 4.78 is 0. The molecule has 17 heavy (non-hydrogen) atoms. The Labute approximate surface area is 106 Å². The maximum atomic E-state index is 3.52. The van der Waals surface area contributed by atoms with E-state index in [1.54, 1.807) is 0 Å². The fourth-order valence-electron chi connectivity index (χ4n) is 4.56. The molecule has 0 aromatic carbocycles. The molecular weight excluding hydrogens is 208 g/mol. The second-order valence-electron chi connectivity index (χ2n) is 7.03. The van der Waals surface area contributed by atoms with E-state index in [2.05, 4.69) is 31.1 Å². The predicted octanol–water partition coefficient (Wildman–Crippen LogP) is 2.78. The summed E-state index contributed by atoms with van der Waals surface area (Å²) >= 11 is 0. The topological polar surface area (TPSA) is 15.3 Å². The third-order valence-electron chi connectivity index (χ3n) is 5.62. The molecule has 3 fully saturated rings. The van der Waals surface area contributed by atoms with E-state index >= 15 is 0 Å². The lowest BCUT2D eigenvalue weighted by molar-refractivity contribution is -0.0568. The summed E-state index contributed by atoms with van der Waals surface area (Å²) in [5.74, 6) is 0.983. The number of piperidine rings is 2. The van der Waals surface area contributed by atoms with Crippen LogP contribution in [0.5, 0.6) is 0 Å². The number of hydrogen-bond donors (Lipinski definition) is 1. The first kappa shape index (κ1) is 12.0. The van der Waals surface area contributed by atoms with E-state index in [-0.39, 0.29) is 0 Å². The molecule has 0 aromatic rings. The molecule has 0 spiro atoms. The van der Waals surface area contributed by atoms with E-state index in [1.807, 2.05) is 0 Å². The Balaban J connectivity index is 1.80. The van der Waals surface area contributed by atoms with Gasteiger partial charge in [-0.2, -0.15) is 0 Å². The Kier molecular flexibility index (Phi) is 2.99. The van der Waals surface area contributed by atoms with Crippen molar-refractivity contribution in [2.45, 2.75) is 82.5 Å². The summed E-state index contributed by atoms with van der Waals surface area (Å²) in [6, 6.07) is 2.49. The first-order valence-electron chi connectivity index (χ1n) is 7.58. The fraction of sp³-hybridized carbons (Fsp3) is 1.00. The van der Waals surface area contributed by atoms with Crippen LogP contribution in [0.15, 0.2) is 0 Å². The quantitative estimate of drug-likeness (QED) is 0.810. The maximum Gasteiger partial charge on any atom is 0.0187 e. The van der Waals surface area contributed by atoms with Crippen LogP contribution in [-0.2, 0) is 0 Å². The van der Waals surface area contributed by atoms with Crippen molar-refractivity contribution in [2.24, 2.45) is 5.92 Å². The fourth-order valence-corrected chi connectivity index (χ4v) is 4.56. The molecule has 0 amide bonds. The van der Waals surface area contributed by atoms with Gasteiger partial charge in [-0.15, -0.1) is 0 Å². The Bertz CT molecular complexity index is 269. The van der Waals surface area contributed by atoms with Gasteiger partial charge in [0.25, 0.3) is 0 Å². The summed E-state index contributed by atoms with van der Waals surface area (Å²) in [6.45, 7) is 5.02. The Morgan fingerprint density at radius 1 is 1.00 bits per heavy atom. The maximum absolute atomic E-state index is 3.52. The van der Waals surface area contributed by atoms with Gasteiger partial charge in [0.2, 0.25) is 0 Å². The van der Waals surface area contributed by atoms with E-state index in [9.17, 15) is 0 Å². The molecule has 1 saturated carbocycles. The highest BCUT2D eigenvalue weighted by molar-refractivity contribution is 5.05. The smallest absolute Gasteiger partial charge is 0.0187 e. The van der Waals surface area contributed by atoms with Gasteiger partial charge in [-0.3, -0.25) is 4.90 Å². The van der Waals surface area contributed by atoms with Gasteiger partial charge in [-0.1, -0.05) is 6.42 Å². The van der Waals surface area contributed by atoms with Gasteiger partial charge in [0, 0.05) is 23.7 Å². The zero-order chi connectivity index (χ0) is 12.0. The zero-order valence-corrected chi connectivity index (χ0v) is 11.7. The molecule has 2 atom stereocenters. The monoisotopic (exact) mass is 236 g/mol. The minimum Gasteiger partial charge on any atom is -0.317 e. The van der Waals surface area contributed by atoms with Crippen LogP contribution < -0.4 is 5.32 Å². The highest BCUT2D eigenvalue weighted by Crippen LogP contribution is 2.48. The molecule has 98 valence electrons. The van der Waals surface area contributed by atoms with Crippen LogP contribution in [0, 0.1) is 5.92 Å². The highest BCUT2D eigenvalue weighted by atomic mass is 15.3. The molecule has 2 heterocycles. The molecule has 3 rings (SSSR count). The van der Waals surface area contributed by atoms with E-state index in [1.165, 1.54) is 44.9 Å². The van der Waals surface area contributed by atoms with Crippen LogP contribution in [0.3, 0.4) is 0 Å². The third kappa shape index (κ3) is 2.04. The minimum atomic E-state index is 0.467. The summed E-state index contributed by atoms with van der Waals surface area (Å²) in [5.41, 5.74) is 0.467. The van der Waals surface area contributed by atoms with E-state index in [0.717, 1.165) is 24.0 Å². The van der Waals surface area contributed by atoms with Crippen molar-refractivity contribution in [1.29, 1.82) is 0 Å². The highest BCUT2D eigenvalue weighted by Gasteiger charge is 2.50. The molecule has 2 unspecified atom stereocenters. The van der Waals surface area contributed by atoms with Gasteiger partial charge in [0.15, 0.2) is 0 Å². The SMILES string of the molecule is CNC1CC2CCCC(C1)N2C(C)(C)C1CC1. The van der Waals surface area contributed by atoms with Crippen molar-refractivity contribution in [3.05, 3.63) is 0 Å². The number of nitrogens with zero attached hydrogens (tertiary/aromatic N) is 1. The second-order valence-corrected chi connectivity index (χ2v) is 7.03. The molecule has 2 heteroatoms. The molecule has 2 saturated heterocycles. The average molecular weight is 236 g/mol. The Morgan fingerprint density at radius 2 is 1.59 bits per heavy atom.